The van der Waals surface area contributed by atoms with Crippen molar-refractivity contribution in [3.05, 3.63) is 59.3 Å². The number of carbonyl (C=O) groups excluding carboxylic acids is 1. The molecule has 2 heterocycles. The molecule has 132 valence electrons. The number of para-hydroxylation sites is 1. The summed E-state index contributed by atoms with van der Waals surface area (Å²) in [4.78, 5) is 12.5. The zero-order valence-corrected chi connectivity index (χ0v) is 14.5. The summed E-state index contributed by atoms with van der Waals surface area (Å²) in [5.41, 5.74) is 3.77. The van der Waals surface area contributed by atoms with Gasteiger partial charge in [0.1, 0.15) is 13.2 Å². The molecule has 1 N–H and O–H groups in total. The molecule has 0 radical (unpaired) electrons. The molecule has 3 aromatic rings. The maximum atomic E-state index is 12.5. The van der Waals surface area contributed by atoms with Gasteiger partial charge in [-0.3, -0.25) is 4.79 Å². The van der Waals surface area contributed by atoms with Crippen molar-refractivity contribution in [3.63, 3.8) is 0 Å². The van der Waals surface area contributed by atoms with Gasteiger partial charge in [0.25, 0.3) is 5.91 Å². The van der Waals surface area contributed by atoms with Crippen LogP contribution in [0.1, 0.15) is 21.6 Å². The second kappa shape index (κ2) is 6.55. The number of benzene rings is 2. The van der Waals surface area contributed by atoms with E-state index < -0.39 is 0 Å². The van der Waals surface area contributed by atoms with Crippen LogP contribution in [-0.2, 0) is 0 Å². The topological polar surface area (TPSA) is 73.6 Å². The highest BCUT2D eigenvalue weighted by Crippen LogP contribution is 2.34. The molecule has 0 aliphatic carbocycles. The predicted octanol–water partition coefficient (Wildman–Crippen LogP) is 3.98. The molecule has 0 bridgehead atoms. The van der Waals surface area contributed by atoms with Crippen LogP contribution in [0.3, 0.4) is 0 Å². The molecule has 4 rings (SSSR count). The quantitative estimate of drug-likeness (QED) is 0.773. The SMILES string of the molecule is Cc1cccc(C)c1NC(=O)c1cc(-c2ccc3c(c2)OCCO3)on1. The fraction of sp³-hybridized carbons (Fsp3) is 0.200. The van der Waals surface area contributed by atoms with Gasteiger partial charge in [0.2, 0.25) is 0 Å². The molecule has 0 saturated carbocycles. The molecule has 6 nitrogen and oxygen atoms in total. The molecule has 0 spiro atoms. The summed E-state index contributed by atoms with van der Waals surface area (Å²) in [5.74, 6) is 1.54. The maximum Gasteiger partial charge on any atom is 0.277 e. The number of hydrogen-bond donors (Lipinski definition) is 1. The van der Waals surface area contributed by atoms with Gasteiger partial charge in [-0.2, -0.15) is 0 Å². The lowest BCUT2D eigenvalue weighted by atomic mass is 10.1. The number of aromatic nitrogens is 1. The molecular weight excluding hydrogens is 332 g/mol. The van der Waals surface area contributed by atoms with E-state index in [0.29, 0.717) is 30.5 Å². The average Bonchev–Trinajstić information content (AvgIpc) is 3.15. The highest BCUT2D eigenvalue weighted by molar-refractivity contribution is 6.04. The number of fused-ring (bicyclic) bond motifs is 1. The van der Waals surface area contributed by atoms with E-state index in [4.69, 9.17) is 14.0 Å². The van der Waals surface area contributed by atoms with Gasteiger partial charge < -0.3 is 19.3 Å². The van der Waals surface area contributed by atoms with Crippen molar-refractivity contribution < 1.29 is 18.8 Å². The van der Waals surface area contributed by atoms with Gasteiger partial charge in [0, 0.05) is 17.3 Å². The van der Waals surface area contributed by atoms with Crippen molar-refractivity contribution in [1.82, 2.24) is 5.16 Å². The Hall–Kier alpha value is -3.28. The summed E-state index contributed by atoms with van der Waals surface area (Å²) in [7, 11) is 0. The predicted molar refractivity (Wildman–Crippen MR) is 96.8 cm³/mol. The molecule has 0 saturated heterocycles. The Balaban J connectivity index is 1.57. The third kappa shape index (κ3) is 3.01. The van der Waals surface area contributed by atoms with Gasteiger partial charge in [0.15, 0.2) is 23.0 Å². The van der Waals surface area contributed by atoms with Crippen molar-refractivity contribution in [2.24, 2.45) is 0 Å². The first kappa shape index (κ1) is 16.2. The zero-order valence-electron chi connectivity index (χ0n) is 14.5. The Bertz CT molecular complexity index is 957. The van der Waals surface area contributed by atoms with Crippen molar-refractivity contribution in [2.75, 3.05) is 18.5 Å². The first-order chi connectivity index (χ1) is 12.6. The third-order valence-electron chi connectivity index (χ3n) is 4.29. The first-order valence-corrected chi connectivity index (χ1v) is 8.36. The molecule has 0 atom stereocenters. The molecule has 0 fully saturated rings. The van der Waals surface area contributed by atoms with Crippen molar-refractivity contribution >= 4 is 11.6 Å². The van der Waals surface area contributed by atoms with E-state index in [0.717, 1.165) is 22.4 Å². The minimum Gasteiger partial charge on any atom is -0.486 e. The maximum absolute atomic E-state index is 12.5. The monoisotopic (exact) mass is 350 g/mol. The molecule has 1 aromatic heterocycles. The van der Waals surface area contributed by atoms with E-state index in [1.807, 2.05) is 50.2 Å². The van der Waals surface area contributed by atoms with Crippen LogP contribution < -0.4 is 14.8 Å². The van der Waals surface area contributed by atoms with Crippen molar-refractivity contribution in [1.29, 1.82) is 0 Å². The van der Waals surface area contributed by atoms with Gasteiger partial charge in [-0.05, 0) is 43.2 Å². The molecule has 0 unspecified atom stereocenters. The number of nitrogens with one attached hydrogen (secondary N) is 1. The lowest BCUT2D eigenvalue weighted by molar-refractivity contribution is 0.101. The Morgan fingerprint density at radius 3 is 2.50 bits per heavy atom. The van der Waals surface area contributed by atoms with Crippen molar-refractivity contribution in [2.45, 2.75) is 13.8 Å². The molecule has 1 amide bonds. The molecule has 1 aliphatic rings. The summed E-state index contributed by atoms with van der Waals surface area (Å²) in [5, 5.41) is 6.80. The zero-order chi connectivity index (χ0) is 18.1. The van der Waals surface area contributed by atoms with E-state index in [1.165, 1.54) is 0 Å². The largest absolute Gasteiger partial charge is 0.486 e. The van der Waals surface area contributed by atoms with E-state index in [9.17, 15) is 4.79 Å². The number of amides is 1. The summed E-state index contributed by atoms with van der Waals surface area (Å²) in [6.45, 7) is 4.95. The lowest BCUT2D eigenvalue weighted by Crippen LogP contribution is -2.15. The van der Waals surface area contributed by atoms with Crippen LogP contribution in [0.15, 0.2) is 47.0 Å². The lowest BCUT2D eigenvalue weighted by Gasteiger charge is -2.18. The van der Waals surface area contributed by atoms with Gasteiger partial charge >= 0.3 is 0 Å². The summed E-state index contributed by atoms with van der Waals surface area (Å²) >= 11 is 0. The standard InChI is InChI=1S/C20H18N2O4/c1-12-4-3-5-13(2)19(12)21-20(23)15-11-17(26-22-15)14-6-7-16-18(10-14)25-9-8-24-16/h3-7,10-11H,8-9H2,1-2H3,(H,21,23). The number of aryl methyl sites for hydroxylation is 2. The fourth-order valence-electron chi connectivity index (χ4n) is 2.90. The third-order valence-corrected chi connectivity index (χ3v) is 4.29. The number of rotatable bonds is 3. The van der Waals surface area contributed by atoms with E-state index in [2.05, 4.69) is 10.5 Å². The normalized spacial score (nSPS) is 12.7. The number of carbonyl (C=O) groups is 1. The Kier molecular flexibility index (Phi) is 4.08. The van der Waals surface area contributed by atoms with Gasteiger partial charge in [-0.25, -0.2) is 0 Å². The van der Waals surface area contributed by atoms with Crippen LogP contribution in [-0.4, -0.2) is 24.3 Å². The molecule has 2 aromatic carbocycles. The fourth-order valence-corrected chi connectivity index (χ4v) is 2.90. The number of hydrogen-bond acceptors (Lipinski definition) is 5. The van der Waals surface area contributed by atoms with Crippen LogP contribution >= 0.6 is 0 Å². The minimum absolute atomic E-state index is 0.220. The van der Waals surface area contributed by atoms with E-state index in [-0.39, 0.29) is 11.6 Å². The van der Waals surface area contributed by atoms with E-state index in [1.54, 1.807) is 6.07 Å². The van der Waals surface area contributed by atoms with Crippen LogP contribution in [0.2, 0.25) is 0 Å². The van der Waals surface area contributed by atoms with E-state index >= 15 is 0 Å². The second-order valence-corrected chi connectivity index (χ2v) is 6.16. The Labute approximate surface area is 150 Å². The summed E-state index contributed by atoms with van der Waals surface area (Å²) in [6.07, 6.45) is 0. The minimum atomic E-state index is -0.310. The Morgan fingerprint density at radius 1 is 1.00 bits per heavy atom. The van der Waals surface area contributed by atoms with Crippen LogP contribution in [0, 0.1) is 13.8 Å². The van der Waals surface area contributed by atoms with Crippen molar-refractivity contribution in [3.8, 4) is 22.8 Å². The molecule has 6 heteroatoms. The van der Waals surface area contributed by atoms with Crippen LogP contribution in [0.25, 0.3) is 11.3 Å². The Morgan fingerprint density at radius 2 is 1.73 bits per heavy atom. The number of ether oxygens (including phenoxy) is 2. The first-order valence-electron chi connectivity index (χ1n) is 8.36. The highest BCUT2D eigenvalue weighted by atomic mass is 16.6. The average molecular weight is 350 g/mol. The number of anilines is 1. The smallest absolute Gasteiger partial charge is 0.277 e. The molecule has 1 aliphatic heterocycles. The van der Waals surface area contributed by atoms with Gasteiger partial charge in [-0.1, -0.05) is 23.4 Å². The van der Waals surface area contributed by atoms with Gasteiger partial charge in [-0.15, -0.1) is 0 Å². The van der Waals surface area contributed by atoms with Crippen LogP contribution in [0.4, 0.5) is 5.69 Å². The highest BCUT2D eigenvalue weighted by Gasteiger charge is 2.18. The second-order valence-electron chi connectivity index (χ2n) is 6.16. The number of nitrogens with zero attached hydrogens (tertiary/aromatic N) is 1. The van der Waals surface area contributed by atoms with Gasteiger partial charge in [0.05, 0.1) is 0 Å². The molecular formula is C20H18N2O4. The molecule has 26 heavy (non-hydrogen) atoms. The summed E-state index contributed by atoms with van der Waals surface area (Å²) < 4.78 is 16.4. The summed E-state index contributed by atoms with van der Waals surface area (Å²) in [6, 6.07) is 13.0. The van der Waals surface area contributed by atoms with Crippen LogP contribution in [0.5, 0.6) is 11.5 Å².